The molecule has 0 unspecified atom stereocenters. The van der Waals surface area contributed by atoms with Gasteiger partial charge in [0.1, 0.15) is 11.6 Å². The van der Waals surface area contributed by atoms with Gasteiger partial charge in [-0.25, -0.2) is 4.98 Å². The van der Waals surface area contributed by atoms with E-state index in [4.69, 9.17) is 16.3 Å². The zero-order chi connectivity index (χ0) is 18.5. The lowest BCUT2D eigenvalue weighted by molar-refractivity contribution is 0.102. The Morgan fingerprint density at radius 1 is 1.12 bits per heavy atom. The van der Waals surface area contributed by atoms with Gasteiger partial charge in [0.2, 0.25) is 0 Å². The van der Waals surface area contributed by atoms with Crippen molar-refractivity contribution in [3.05, 3.63) is 77.4 Å². The van der Waals surface area contributed by atoms with E-state index in [1.807, 2.05) is 42.3 Å². The molecule has 1 amide bonds. The fraction of sp³-hybridized carbons (Fsp3) is 0.100. The topological polar surface area (TPSA) is 54.5 Å². The molecule has 1 heterocycles. The normalized spacial score (nSPS) is 10.3. The van der Waals surface area contributed by atoms with Gasteiger partial charge in [-0.2, -0.15) is 0 Å². The summed E-state index contributed by atoms with van der Waals surface area (Å²) in [5.74, 6) is 0.941. The highest BCUT2D eigenvalue weighted by Gasteiger charge is 2.13. The summed E-state index contributed by atoms with van der Waals surface area (Å²) in [6.07, 6.45) is 1.61. The molecule has 3 aromatic rings. The van der Waals surface area contributed by atoms with E-state index in [9.17, 15) is 4.79 Å². The number of nitrogens with zero attached hydrogens (tertiary/aromatic N) is 2. The molecule has 5 nitrogen and oxygen atoms in total. The van der Waals surface area contributed by atoms with Crippen molar-refractivity contribution < 1.29 is 9.53 Å². The minimum absolute atomic E-state index is 0.268. The molecule has 1 N–H and O–H groups in total. The molecule has 0 saturated carbocycles. The first-order chi connectivity index (χ1) is 12.6. The third kappa shape index (κ3) is 3.95. The Bertz CT molecular complexity index is 916. The number of ether oxygens (including phenoxy) is 1. The number of carbonyl (C=O) groups excluding carboxylic acids is 1. The van der Waals surface area contributed by atoms with Crippen LogP contribution in [0, 0.1) is 0 Å². The van der Waals surface area contributed by atoms with Crippen molar-refractivity contribution >= 4 is 34.7 Å². The molecule has 0 fully saturated rings. The number of nitrogens with one attached hydrogen (secondary N) is 1. The second-order valence-corrected chi connectivity index (χ2v) is 6.03. The molecule has 0 bridgehead atoms. The Hall–Kier alpha value is -3.05. The number of methoxy groups -OCH3 is 1. The standard InChI is InChI=1S/C20H18ClN3O2/c1-24(16-6-4-3-5-7-16)19-12-14(10-11-22-19)20(25)23-17-13-15(21)8-9-18(17)26-2/h3-13H,1-2H3,(H,23,25). The van der Waals surface area contributed by atoms with Gasteiger partial charge in [0.15, 0.2) is 0 Å². The van der Waals surface area contributed by atoms with Crippen LogP contribution in [0.3, 0.4) is 0 Å². The van der Waals surface area contributed by atoms with Crippen molar-refractivity contribution in [1.29, 1.82) is 0 Å². The molecule has 0 aliphatic carbocycles. The lowest BCUT2D eigenvalue weighted by atomic mass is 10.2. The van der Waals surface area contributed by atoms with Gasteiger partial charge in [-0.1, -0.05) is 29.8 Å². The van der Waals surface area contributed by atoms with E-state index in [0.717, 1.165) is 5.69 Å². The van der Waals surface area contributed by atoms with Crippen LogP contribution in [0.25, 0.3) is 0 Å². The van der Waals surface area contributed by atoms with Crippen LogP contribution in [-0.4, -0.2) is 25.0 Å². The van der Waals surface area contributed by atoms with Crippen molar-refractivity contribution in [3.8, 4) is 5.75 Å². The van der Waals surface area contributed by atoms with Gasteiger partial charge in [0.05, 0.1) is 12.8 Å². The summed E-state index contributed by atoms with van der Waals surface area (Å²) in [5.41, 5.74) is 1.98. The maximum Gasteiger partial charge on any atom is 0.255 e. The second-order valence-electron chi connectivity index (χ2n) is 5.60. The van der Waals surface area contributed by atoms with E-state index < -0.39 is 0 Å². The van der Waals surface area contributed by atoms with Crippen LogP contribution in [0.5, 0.6) is 5.75 Å². The van der Waals surface area contributed by atoms with E-state index in [1.165, 1.54) is 7.11 Å². The molecular formula is C20H18ClN3O2. The van der Waals surface area contributed by atoms with Crippen LogP contribution < -0.4 is 15.0 Å². The first-order valence-corrected chi connectivity index (χ1v) is 8.36. The van der Waals surface area contributed by atoms with Crippen molar-refractivity contribution in [2.24, 2.45) is 0 Å². The fourth-order valence-electron chi connectivity index (χ4n) is 2.50. The number of para-hydroxylation sites is 1. The number of aromatic nitrogens is 1. The second kappa shape index (κ2) is 7.89. The van der Waals surface area contributed by atoms with Crippen molar-refractivity contribution in [2.75, 3.05) is 24.4 Å². The van der Waals surface area contributed by atoms with Crippen molar-refractivity contribution in [2.45, 2.75) is 0 Å². The highest BCUT2D eigenvalue weighted by atomic mass is 35.5. The molecule has 0 aliphatic rings. The van der Waals surface area contributed by atoms with Crippen LogP contribution in [0.1, 0.15) is 10.4 Å². The first kappa shape index (κ1) is 17.8. The van der Waals surface area contributed by atoms with E-state index in [-0.39, 0.29) is 5.91 Å². The summed E-state index contributed by atoms with van der Waals surface area (Å²) in [5, 5.41) is 3.34. The highest BCUT2D eigenvalue weighted by Crippen LogP contribution is 2.28. The maximum atomic E-state index is 12.6. The summed E-state index contributed by atoms with van der Waals surface area (Å²) >= 11 is 6.01. The SMILES string of the molecule is COc1ccc(Cl)cc1NC(=O)c1ccnc(N(C)c2ccccc2)c1. The Kier molecular flexibility index (Phi) is 5.39. The molecule has 0 spiro atoms. The summed E-state index contributed by atoms with van der Waals surface area (Å²) in [6.45, 7) is 0. The predicted molar refractivity (Wildman–Crippen MR) is 105 cm³/mol. The molecule has 132 valence electrons. The van der Waals surface area contributed by atoms with E-state index in [1.54, 1.807) is 36.5 Å². The Morgan fingerprint density at radius 3 is 2.62 bits per heavy atom. The zero-order valence-electron chi connectivity index (χ0n) is 14.4. The first-order valence-electron chi connectivity index (χ1n) is 7.98. The maximum absolute atomic E-state index is 12.6. The number of anilines is 3. The van der Waals surface area contributed by atoms with E-state index >= 15 is 0 Å². The Labute approximate surface area is 157 Å². The Balaban J connectivity index is 1.84. The summed E-state index contributed by atoms with van der Waals surface area (Å²) in [6, 6.07) is 18.3. The van der Waals surface area contributed by atoms with Gasteiger partial charge in [-0.15, -0.1) is 0 Å². The molecule has 0 radical (unpaired) electrons. The molecule has 2 aromatic carbocycles. The monoisotopic (exact) mass is 367 g/mol. The number of pyridine rings is 1. The fourth-order valence-corrected chi connectivity index (χ4v) is 2.67. The number of rotatable bonds is 5. The molecule has 3 rings (SSSR count). The molecule has 1 aromatic heterocycles. The molecule has 6 heteroatoms. The highest BCUT2D eigenvalue weighted by molar-refractivity contribution is 6.31. The summed E-state index contributed by atoms with van der Waals surface area (Å²) < 4.78 is 5.26. The van der Waals surface area contributed by atoms with Gasteiger partial charge in [-0.3, -0.25) is 4.79 Å². The van der Waals surface area contributed by atoms with Crippen molar-refractivity contribution in [3.63, 3.8) is 0 Å². The number of hydrogen-bond acceptors (Lipinski definition) is 4. The summed E-state index contributed by atoms with van der Waals surface area (Å²) in [4.78, 5) is 18.9. The van der Waals surface area contributed by atoms with Gasteiger partial charge >= 0.3 is 0 Å². The minimum Gasteiger partial charge on any atom is -0.495 e. The molecular weight excluding hydrogens is 350 g/mol. The van der Waals surface area contributed by atoms with Gasteiger partial charge in [0, 0.05) is 29.5 Å². The van der Waals surface area contributed by atoms with Crippen LogP contribution >= 0.6 is 11.6 Å². The van der Waals surface area contributed by atoms with Crippen LogP contribution in [0.15, 0.2) is 66.9 Å². The smallest absolute Gasteiger partial charge is 0.255 e. The molecule has 0 aliphatic heterocycles. The lowest BCUT2D eigenvalue weighted by Crippen LogP contribution is -2.15. The number of benzene rings is 2. The largest absolute Gasteiger partial charge is 0.495 e. The number of halogens is 1. The molecule has 0 atom stereocenters. The number of amides is 1. The average molecular weight is 368 g/mol. The van der Waals surface area contributed by atoms with Crippen LogP contribution in [-0.2, 0) is 0 Å². The van der Waals surface area contributed by atoms with E-state index in [2.05, 4.69) is 10.3 Å². The molecule has 0 saturated heterocycles. The van der Waals surface area contributed by atoms with Crippen LogP contribution in [0.4, 0.5) is 17.2 Å². The lowest BCUT2D eigenvalue weighted by Gasteiger charge is -2.18. The quantitative estimate of drug-likeness (QED) is 0.706. The third-order valence-corrected chi connectivity index (χ3v) is 4.14. The van der Waals surface area contributed by atoms with E-state index in [0.29, 0.717) is 27.8 Å². The van der Waals surface area contributed by atoms with Gasteiger partial charge in [-0.05, 0) is 42.5 Å². The predicted octanol–water partition coefficient (Wildman–Crippen LogP) is 4.76. The van der Waals surface area contributed by atoms with Crippen LogP contribution in [0.2, 0.25) is 5.02 Å². The van der Waals surface area contributed by atoms with Gasteiger partial charge in [0.25, 0.3) is 5.91 Å². The summed E-state index contributed by atoms with van der Waals surface area (Å²) in [7, 11) is 3.44. The minimum atomic E-state index is -0.268. The van der Waals surface area contributed by atoms with Gasteiger partial charge < -0.3 is 15.0 Å². The Morgan fingerprint density at radius 2 is 1.88 bits per heavy atom. The zero-order valence-corrected chi connectivity index (χ0v) is 15.2. The average Bonchev–Trinajstić information content (AvgIpc) is 2.68. The number of hydrogen-bond donors (Lipinski definition) is 1. The number of carbonyl (C=O) groups is 1. The van der Waals surface area contributed by atoms with Crippen molar-refractivity contribution in [1.82, 2.24) is 4.98 Å². The third-order valence-electron chi connectivity index (χ3n) is 3.90. The molecule has 26 heavy (non-hydrogen) atoms.